The molecule has 0 aliphatic heterocycles. The van der Waals surface area contributed by atoms with Crippen molar-refractivity contribution in [2.45, 2.75) is 20.1 Å². The summed E-state index contributed by atoms with van der Waals surface area (Å²) in [4.78, 5) is 26.1. The number of aliphatic hydroxyl groups excluding tert-OH is 1. The van der Waals surface area contributed by atoms with Crippen LogP contribution in [0.3, 0.4) is 0 Å². The lowest BCUT2D eigenvalue weighted by molar-refractivity contribution is 0.284. The Kier molecular flexibility index (Phi) is 4.83. The molecule has 0 unspecified atom stereocenters. The van der Waals surface area contributed by atoms with Crippen molar-refractivity contribution < 1.29 is 9.52 Å². The first-order valence-corrected chi connectivity index (χ1v) is 6.61. The number of rotatable bonds is 6. The Morgan fingerprint density at radius 1 is 1.52 bits per heavy atom. The average molecular weight is 313 g/mol. The SMILES string of the molecule is Cc1cc(=O)n(Cc2nn(CNCCO)c(=S)o2)c(=O)[nH]1. The van der Waals surface area contributed by atoms with Gasteiger partial charge in [0.15, 0.2) is 0 Å². The van der Waals surface area contributed by atoms with Crippen LogP contribution in [0, 0.1) is 11.8 Å². The fourth-order valence-electron chi connectivity index (χ4n) is 1.70. The standard InChI is InChI=1S/C11H15N5O4S/c1-7-4-9(18)15(10(19)13-7)5-8-14-16(11(21)20-8)6-12-2-3-17/h4,12,17H,2-3,5-6H2,1H3,(H,13,19). The largest absolute Gasteiger partial charge is 0.412 e. The van der Waals surface area contributed by atoms with Crippen LogP contribution in [0.25, 0.3) is 0 Å². The molecular formula is C11H15N5O4S. The van der Waals surface area contributed by atoms with E-state index in [9.17, 15) is 9.59 Å². The van der Waals surface area contributed by atoms with Crippen LogP contribution < -0.4 is 16.6 Å². The summed E-state index contributed by atoms with van der Waals surface area (Å²) in [6.45, 7) is 2.17. The summed E-state index contributed by atoms with van der Waals surface area (Å²) in [5.74, 6) is 0.155. The van der Waals surface area contributed by atoms with Crippen LogP contribution in [0.1, 0.15) is 11.6 Å². The first-order chi connectivity index (χ1) is 10.0. The van der Waals surface area contributed by atoms with Gasteiger partial charge in [0.2, 0.25) is 5.89 Å². The third kappa shape index (κ3) is 3.74. The Balaban J connectivity index is 2.21. The minimum absolute atomic E-state index is 0.00777. The number of nitrogens with one attached hydrogen (secondary N) is 2. The van der Waals surface area contributed by atoms with Gasteiger partial charge in [-0.3, -0.25) is 14.7 Å². The van der Waals surface area contributed by atoms with Crippen LogP contribution in [0.15, 0.2) is 20.1 Å². The maximum Gasteiger partial charge on any atom is 0.329 e. The van der Waals surface area contributed by atoms with Crippen molar-refractivity contribution >= 4 is 12.2 Å². The van der Waals surface area contributed by atoms with E-state index >= 15 is 0 Å². The van der Waals surface area contributed by atoms with Crippen molar-refractivity contribution in [3.05, 3.63) is 43.3 Å². The molecule has 114 valence electrons. The number of hydrogen-bond acceptors (Lipinski definition) is 7. The Labute approximate surface area is 123 Å². The van der Waals surface area contributed by atoms with Crippen LogP contribution in [-0.4, -0.2) is 37.6 Å². The van der Waals surface area contributed by atoms with Gasteiger partial charge in [0, 0.05) is 18.3 Å². The summed E-state index contributed by atoms with van der Waals surface area (Å²) in [7, 11) is 0. The minimum atomic E-state index is -0.533. The number of aryl methyl sites for hydroxylation is 1. The summed E-state index contributed by atoms with van der Waals surface area (Å²) in [5, 5.41) is 15.6. The van der Waals surface area contributed by atoms with E-state index in [1.165, 1.54) is 10.7 Å². The van der Waals surface area contributed by atoms with Crippen molar-refractivity contribution in [3.63, 3.8) is 0 Å². The number of H-pyrrole nitrogens is 1. The molecule has 0 aromatic carbocycles. The van der Waals surface area contributed by atoms with E-state index in [0.29, 0.717) is 12.2 Å². The van der Waals surface area contributed by atoms with Gasteiger partial charge < -0.3 is 14.5 Å². The van der Waals surface area contributed by atoms with E-state index in [-0.39, 0.29) is 30.5 Å². The predicted molar refractivity (Wildman–Crippen MR) is 75.6 cm³/mol. The van der Waals surface area contributed by atoms with Crippen LogP contribution in [0.4, 0.5) is 0 Å². The predicted octanol–water partition coefficient (Wildman–Crippen LogP) is -1.05. The molecule has 0 fully saturated rings. The minimum Gasteiger partial charge on any atom is -0.412 e. The van der Waals surface area contributed by atoms with Crippen molar-refractivity contribution in [2.24, 2.45) is 0 Å². The van der Waals surface area contributed by atoms with Gasteiger partial charge in [-0.15, -0.1) is 5.10 Å². The van der Waals surface area contributed by atoms with E-state index < -0.39 is 11.2 Å². The summed E-state index contributed by atoms with van der Waals surface area (Å²) >= 11 is 4.98. The van der Waals surface area contributed by atoms with Crippen LogP contribution >= 0.6 is 12.2 Å². The lowest BCUT2D eigenvalue weighted by Crippen LogP contribution is -2.35. The van der Waals surface area contributed by atoms with Crippen LogP contribution in [0.2, 0.25) is 0 Å². The zero-order valence-corrected chi connectivity index (χ0v) is 12.1. The number of aliphatic hydroxyl groups is 1. The molecule has 2 rings (SSSR count). The monoisotopic (exact) mass is 313 g/mol. The smallest absolute Gasteiger partial charge is 0.329 e. The molecule has 0 radical (unpaired) electrons. The van der Waals surface area contributed by atoms with E-state index in [0.717, 1.165) is 4.57 Å². The van der Waals surface area contributed by atoms with Gasteiger partial charge in [0.05, 0.1) is 13.3 Å². The quantitative estimate of drug-likeness (QED) is 0.460. The number of aromatic amines is 1. The topological polar surface area (TPSA) is 118 Å². The summed E-state index contributed by atoms with van der Waals surface area (Å²) in [6, 6.07) is 1.32. The molecule has 0 amide bonds. The van der Waals surface area contributed by atoms with E-state index in [2.05, 4.69) is 15.4 Å². The zero-order valence-electron chi connectivity index (χ0n) is 11.3. The third-order valence-corrected chi connectivity index (χ3v) is 2.94. The maximum absolute atomic E-state index is 11.8. The molecule has 21 heavy (non-hydrogen) atoms. The first-order valence-electron chi connectivity index (χ1n) is 6.20. The second kappa shape index (κ2) is 6.61. The highest BCUT2D eigenvalue weighted by Gasteiger charge is 2.09. The van der Waals surface area contributed by atoms with Crippen molar-refractivity contribution in [3.8, 4) is 0 Å². The number of aromatic nitrogens is 4. The van der Waals surface area contributed by atoms with E-state index in [1.807, 2.05) is 0 Å². The Morgan fingerprint density at radius 2 is 2.29 bits per heavy atom. The molecule has 2 aromatic heterocycles. The van der Waals surface area contributed by atoms with Gasteiger partial charge in [-0.05, 0) is 19.1 Å². The molecule has 0 spiro atoms. The maximum atomic E-state index is 11.8. The highest BCUT2D eigenvalue weighted by molar-refractivity contribution is 7.71. The summed E-state index contributed by atoms with van der Waals surface area (Å²) in [6.07, 6.45) is 0. The van der Waals surface area contributed by atoms with Gasteiger partial charge >= 0.3 is 5.69 Å². The molecule has 0 saturated heterocycles. The molecule has 3 N–H and O–H groups in total. The highest BCUT2D eigenvalue weighted by atomic mass is 32.1. The van der Waals surface area contributed by atoms with Crippen molar-refractivity contribution in [1.82, 2.24) is 24.6 Å². The molecule has 0 atom stereocenters. The van der Waals surface area contributed by atoms with Crippen molar-refractivity contribution in [2.75, 3.05) is 13.2 Å². The molecule has 0 saturated carbocycles. The van der Waals surface area contributed by atoms with Gasteiger partial charge in [-0.1, -0.05) is 0 Å². The Hall–Kier alpha value is -2.04. The number of hydrogen-bond donors (Lipinski definition) is 3. The van der Waals surface area contributed by atoms with Crippen LogP contribution in [0.5, 0.6) is 0 Å². The zero-order chi connectivity index (χ0) is 15.4. The van der Waals surface area contributed by atoms with Crippen LogP contribution in [-0.2, 0) is 13.2 Å². The van der Waals surface area contributed by atoms with Crippen molar-refractivity contribution in [1.29, 1.82) is 0 Å². The fraction of sp³-hybridized carbons (Fsp3) is 0.455. The molecule has 2 heterocycles. The summed E-state index contributed by atoms with van der Waals surface area (Å²) in [5.41, 5.74) is -0.486. The van der Waals surface area contributed by atoms with Gasteiger partial charge in [-0.2, -0.15) is 0 Å². The lowest BCUT2D eigenvalue weighted by atomic mass is 10.4. The van der Waals surface area contributed by atoms with Gasteiger partial charge in [0.25, 0.3) is 10.4 Å². The second-order valence-electron chi connectivity index (χ2n) is 4.32. The summed E-state index contributed by atoms with van der Waals surface area (Å²) < 4.78 is 7.58. The average Bonchev–Trinajstić information content (AvgIpc) is 2.75. The van der Waals surface area contributed by atoms with E-state index in [4.69, 9.17) is 21.7 Å². The third-order valence-electron chi connectivity index (χ3n) is 2.65. The molecule has 9 nitrogen and oxygen atoms in total. The second-order valence-corrected chi connectivity index (χ2v) is 4.67. The van der Waals surface area contributed by atoms with Gasteiger partial charge in [-0.25, -0.2) is 9.48 Å². The normalized spacial score (nSPS) is 11.0. The molecule has 2 aromatic rings. The molecule has 0 aliphatic carbocycles. The Bertz CT molecular complexity index is 756. The van der Waals surface area contributed by atoms with Gasteiger partial charge in [0.1, 0.15) is 6.54 Å². The molecule has 10 heteroatoms. The highest BCUT2D eigenvalue weighted by Crippen LogP contribution is 1.99. The lowest BCUT2D eigenvalue weighted by Gasteiger charge is -2.01. The molecule has 0 aliphatic rings. The molecular weight excluding hydrogens is 298 g/mol. The Morgan fingerprint density at radius 3 is 2.95 bits per heavy atom. The van der Waals surface area contributed by atoms with E-state index in [1.54, 1.807) is 6.92 Å². The fourth-order valence-corrected chi connectivity index (χ4v) is 1.90. The first kappa shape index (κ1) is 15.4. The number of nitrogens with zero attached hydrogens (tertiary/aromatic N) is 3. The molecule has 0 bridgehead atoms.